The summed E-state index contributed by atoms with van der Waals surface area (Å²) >= 11 is 12.2. The number of halogens is 2. The first-order valence-electron chi connectivity index (χ1n) is 7.97. The van der Waals surface area contributed by atoms with Gasteiger partial charge in [-0.05, 0) is 29.0 Å². The predicted molar refractivity (Wildman–Crippen MR) is 107 cm³/mol. The number of hydrogen-bond acceptors (Lipinski definition) is 1. The van der Waals surface area contributed by atoms with E-state index in [1.807, 2.05) is 18.2 Å². The Hall–Kier alpha value is -2.55. The molecule has 5 rings (SSSR count). The summed E-state index contributed by atoms with van der Waals surface area (Å²) in [6.07, 6.45) is 0. The molecule has 4 aromatic carbocycles. The number of rotatable bonds is 1. The number of aromatic amines is 1. The van der Waals surface area contributed by atoms with Crippen LogP contribution in [0.15, 0.2) is 66.7 Å². The Labute approximate surface area is 154 Å². The molecule has 0 fully saturated rings. The van der Waals surface area contributed by atoms with Gasteiger partial charge in [-0.25, -0.2) is 4.98 Å². The van der Waals surface area contributed by atoms with Gasteiger partial charge in [0.05, 0.1) is 21.1 Å². The molecule has 0 aliphatic rings. The van der Waals surface area contributed by atoms with E-state index in [2.05, 4.69) is 47.4 Å². The van der Waals surface area contributed by atoms with E-state index in [0.717, 1.165) is 33.2 Å². The molecule has 4 heteroatoms. The quantitative estimate of drug-likeness (QED) is 0.324. The highest BCUT2D eigenvalue weighted by atomic mass is 35.5. The van der Waals surface area contributed by atoms with Crippen molar-refractivity contribution in [3.8, 4) is 11.4 Å². The third kappa shape index (κ3) is 2.22. The van der Waals surface area contributed by atoms with Crippen molar-refractivity contribution in [1.82, 2.24) is 9.97 Å². The second kappa shape index (κ2) is 5.48. The van der Waals surface area contributed by atoms with Crippen LogP contribution in [0.5, 0.6) is 0 Å². The smallest absolute Gasteiger partial charge is 0.138 e. The van der Waals surface area contributed by atoms with E-state index in [1.54, 1.807) is 6.07 Å². The summed E-state index contributed by atoms with van der Waals surface area (Å²) in [4.78, 5) is 8.36. The van der Waals surface area contributed by atoms with Gasteiger partial charge in [-0.15, -0.1) is 0 Å². The van der Waals surface area contributed by atoms with E-state index >= 15 is 0 Å². The van der Waals surface area contributed by atoms with Crippen LogP contribution in [0.1, 0.15) is 0 Å². The fourth-order valence-electron chi connectivity index (χ4n) is 3.40. The maximum Gasteiger partial charge on any atom is 0.138 e. The van der Waals surface area contributed by atoms with Gasteiger partial charge in [0, 0.05) is 16.3 Å². The molecule has 0 amide bonds. The van der Waals surface area contributed by atoms with Crippen molar-refractivity contribution in [3.05, 3.63) is 76.8 Å². The van der Waals surface area contributed by atoms with Gasteiger partial charge in [-0.1, -0.05) is 71.7 Å². The van der Waals surface area contributed by atoms with E-state index in [0.29, 0.717) is 10.0 Å². The highest BCUT2D eigenvalue weighted by molar-refractivity contribution is 6.42. The van der Waals surface area contributed by atoms with Crippen LogP contribution in [0.25, 0.3) is 44.0 Å². The molecule has 0 bridgehead atoms. The summed E-state index contributed by atoms with van der Waals surface area (Å²) in [5.74, 6) is 0.787. The maximum atomic E-state index is 6.18. The average molecular weight is 363 g/mol. The number of imidazole rings is 1. The third-order valence-corrected chi connectivity index (χ3v) is 5.30. The normalized spacial score (nSPS) is 11.6. The molecular formula is C21H12Cl2N2. The van der Waals surface area contributed by atoms with E-state index in [4.69, 9.17) is 28.2 Å². The van der Waals surface area contributed by atoms with Crippen molar-refractivity contribution in [3.63, 3.8) is 0 Å². The average Bonchev–Trinajstić information content (AvgIpc) is 3.10. The zero-order valence-corrected chi connectivity index (χ0v) is 14.6. The SMILES string of the molecule is Clc1ccc(-c2nc3c4ccccc4c4ccccc4c3[nH]2)cc1Cl. The molecule has 0 aliphatic heterocycles. The molecule has 0 radical (unpaired) electrons. The first-order valence-corrected chi connectivity index (χ1v) is 8.72. The molecule has 0 saturated heterocycles. The minimum absolute atomic E-state index is 0.523. The third-order valence-electron chi connectivity index (χ3n) is 4.57. The molecular weight excluding hydrogens is 351 g/mol. The lowest BCUT2D eigenvalue weighted by Crippen LogP contribution is -1.81. The van der Waals surface area contributed by atoms with Gasteiger partial charge in [0.2, 0.25) is 0 Å². The summed E-state index contributed by atoms with van der Waals surface area (Å²) in [6.45, 7) is 0. The summed E-state index contributed by atoms with van der Waals surface area (Å²) in [5.41, 5.74) is 2.92. The number of hydrogen-bond donors (Lipinski definition) is 1. The van der Waals surface area contributed by atoms with Crippen LogP contribution in [0.2, 0.25) is 10.0 Å². The second-order valence-electron chi connectivity index (χ2n) is 6.03. The Morgan fingerprint density at radius 2 is 1.32 bits per heavy atom. The van der Waals surface area contributed by atoms with Gasteiger partial charge >= 0.3 is 0 Å². The van der Waals surface area contributed by atoms with Crippen LogP contribution >= 0.6 is 23.2 Å². The first-order chi connectivity index (χ1) is 12.2. The fourth-order valence-corrected chi connectivity index (χ4v) is 3.70. The van der Waals surface area contributed by atoms with E-state index in [9.17, 15) is 0 Å². The molecule has 25 heavy (non-hydrogen) atoms. The topological polar surface area (TPSA) is 28.7 Å². The van der Waals surface area contributed by atoms with Crippen LogP contribution in [0.3, 0.4) is 0 Å². The van der Waals surface area contributed by atoms with E-state index in [-0.39, 0.29) is 0 Å². The van der Waals surface area contributed by atoms with Crippen LogP contribution in [0, 0.1) is 0 Å². The van der Waals surface area contributed by atoms with Crippen LogP contribution < -0.4 is 0 Å². The number of fused-ring (bicyclic) bond motifs is 6. The summed E-state index contributed by atoms with van der Waals surface area (Å²) in [5, 5.41) is 5.79. The van der Waals surface area contributed by atoms with Crippen LogP contribution in [0.4, 0.5) is 0 Å². The molecule has 2 nitrogen and oxygen atoms in total. The van der Waals surface area contributed by atoms with Crippen molar-refractivity contribution in [2.45, 2.75) is 0 Å². The minimum atomic E-state index is 0.523. The largest absolute Gasteiger partial charge is 0.337 e. The number of nitrogens with zero attached hydrogens (tertiary/aromatic N) is 1. The Bertz CT molecular complexity index is 1200. The van der Waals surface area contributed by atoms with Crippen molar-refractivity contribution in [2.24, 2.45) is 0 Å². The molecule has 0 atom stereocenters. The van der Waals surface area contributed by atoms with Crippen molar-refractivity contribution < 1.29 is 0 Å². The van der Waals surface area contributed by atoms with Crippen molar-refractivity contribution in [1.29, 1.82) is 0 Å². The number of nitrogens with one attached hydrogen (secondary N) is 1. The summed E-state index contributed by atoms with van der Waals surface area (Å²) in [7, 11) is 0. The summed E-state index contributed by atoms with van der Waals surface area (Å²) < 4.78 is 0. The van der Waals surface area contributed by atoms with Gasteiger partial charge in [-0.2, -0.15) is 0 Å². The first kappa shape index (κ1) is 14.8. The van der Waals surface area contributed by atoms with Crippen molar-refractivity contribution in [2.75, 3.05) is 0 Å². The molecule has 120 valence electrons. The van der Waals surface area contributed by atoms with E-state index in [1.165, 1.54) is 10.8 Å². The highest BCUT2D eigenvalue weighted by Crippen LogP contribution is 2.35. The lowest BCUT2D eigenvalue weighted by molar-refractivity contribution is 1.34. The number of aromatic nitrogens is 2. The second-order valence-corrected chi connectivity index (χ2v) is 6.84. The summed E-state index contributed by atoms with van der Waals surface area (Å²) in [6, 6.07) is 22.3. The van der Waals surface area contributed by atoms with Crippen LogP contribution in [-0.2, 0) is 0 Å². The molecule has 1 N–H and O–H groups in total. The van der Waals surface area contributed by atoms with Crippen LogP contribution in [-0.4, -0.2) is 9.97 Å². The van der Waals surface area contributed by atoms with Crippen molar-refractivity contribution >= 4 is 55.8 Å². The molecule has 0 saturated carbocycles. The van der Waals surface area contributed by atoms with Gasteiger partial charge < -0.3 is 4.98 Å². The highest BCUT2D eigenvalue weighted by Gasteiger charge is 2.13. The van der Waals surface area contributed by atoms with E-state index < -0.39 is 0 Å². The molecule has 1 aromatic heterocycles. The fraction of sp³-hybridized carbons (Fsp3) is 0. The lowest BCUT2D eigenvalue weighted by Gasteiger charge is -2.05. The van der Waals surface area contributed by atoms with Gasteiger partial charge in [0.25, 0.3) is 0 Å². The Balaban J connectivity index is 1.92. The molecule has 1 heterocycles. The molecule has 0 spiro atoms. The van der Waals surface area contributed by atoms with Gasteiger partial charge in [0.15, 0.2) is 0 Å². The molecule has 0 aliphatic carbocycles. The standard InChI is InChI=1S/C21H12Cl2N2/c22-17-10-9-12(11-18(17)23)21-24-19-15-7-3-1-5-13(15)14-6-2-4-8-16(14)20(19)25-21/h1-11H,(H,24,25). The number of H-pyrrole nitrogens is 1. The zero-order chi connectivity index (χ0) is 17.0. The zero-order valence-electron chi connectivity index (χ0n) is 13.1. The molecule has 0 unspecified atom stereocenters. The Morgan fingerprint density at radius 1 is 0.680 bits per heavy atom. The predicted octanol–water partition coefficient (Wildman–Crippen LogP) is 6.84. The van der Waals surface area contributed by atoms with Gasteiger partial charge in [0.1, 0.15) is 5.82 Å². The Kier molecular flexibility index (Phi) is 3.24. The minimum Gasteiger partial charge on any atom is -0.337 e. The maximum absolute atomic E-state index is 6.18. The lowest BCUT2D eigenvalue weighted by atomic mass is 10.0. The number of benzene rings is 4. The monoisotopic (exact) mass is 362 g/mol. The Morgan fingerprint density at radius 3 is 2.04 bits per heavy atom. The molecule has 5 aromatic rings. The van der Waals surface area contributed by atoms with Gasteiger partial charge in [-0.3, -0.25) is 0 Å².